The van der Waals surface area contributed by atoms with Gasteiger partial charge < -0.3 is 19.3 Å². The number of ether oxygens (including phenoxy) is 2. The molecule has 25 heavy (non-hydrogen) atoms. The summed E-state index contributed by atoms with van der Waals surface area (Å²) in [5.74, 6) is 1.09. The number of carbonyl (C=O) groups excluding carboxylic acids is 1. The fraction of sp³-hybridized carbons (Fsp3) is 0.632. The zero-order chi connectivity index (χ0) is 17.6. The number of nitrogens with zero attached hydrogens (tertiary/aromatic N) is 2. The van der Waals surface area contributed by atoms with Gasteiger partial charge in [-0.25, -0.2) is 4.39 Å². The highest BCUT2D eigenvalue weighted by Crippen LogP contribution is 2.54. The Bertz CT molecular complexity index is 651. The van der Waals surface area contributed by atoms with Crippen molar-refractivity contribution < 1.29 is 18.7 Å². The van der Waals surface area contributed by atoms with Crippen molar-refractivity contribution in [2.24, 2.45) is 11.8 Å². The van der Waals surface area contributed by atoms with Crippen molar-refractivity contribution in [3.05, 3.63) is 30.1 Å². The summed E-state index contributed by atoms with van der Waals surface area (Å²) in [6, 6.07) is 5.74. The van der Waals surface area contributed by atoms with Crippen molar-refractivity contribution in [3.63, 3.8) is 0 Å². The molecule has 136 valence electrons. The molecule has 6 heteroatoms. The molecule has 3 saturated heterocycles. The number of halogens is 1. The number of hydrogen-bond acceptors (Lipinski definition) is 4. The first-order valence-corrected chi connectivity index (χ1v) is 8.95. The minimum absolute atomic E-state index is 0.0177. The molecule has 3 aliphatic rings. The molecule has 0 unspecified atom stereocenters. The van der Waals surface area contributed by atoms with Crippen LogP contribution in [-0.4, -0.2) is 67.7 Å². The smallest absolute Gasteiger partial charge is 0.260 e. The molecule has 3 fully saturated rings. The molecule has 0 aliphatic carbocycles. The van der Waals surface area contributed by atoms with Gasteiger partial charge in [-0.2, -0.15) is 0 Å². The van der Waals surface area contributed by atoms with E-state index in [1.165, 1.54) is 24.3 Å². The number of hydrogen-bond donors (Lipinski definition) is 0. The molecular formula is C19H25FN2O3. The largest absolute Gasteiger partial charge is 0.484 e. The molecule has 0 N–H and O–H groups in total. The first kappa shape index (κ1) is 16.8. The Kier molecular flexibility index (Phi) is 4.20. The van der Waals surface area contributed by atoms with E-state index in [0.29, 0.717) is 30.2 Å². The summed E-state index contributed by atoms with van der Waals surface area (Å²) in [6.45, 7) is 2.41. The van der Waals surface area contributed by atoms with Crippen LogP contribution < -0.4 is 4.74 Å². The molecule has 1 aromatic rings. The average molecular weight is 348 g/mol. The Labute approximate surface area is 147 Å². The van der Waals surface area contributed by atoms with E-state index < -0.39 is 0 Å². The van der Waals surface area contributed by atoms with Gasteiger partial charge in [0.05, 0.1) is 18.2 Å². The molecule has 3 heterocycles. The SMILES string of the molecule is CN(C)C[C@H]1[C@H]2CN(C(=O)COc3ccc(F)cc3)C[C@]23CC[C@H]1O3. The standard InChI is InChI=1S/C19H25FN2O3/c1-21(2)9-15-16-10-22(12-19(16)8-7-17(15)25-19)18(23)11-24-14-5-3-13(20)4-6-14/h3-6,15-17H,7-12H2,1-2H3/t15-,16+,17+,19+/m0/s1. The van der Waals surface area contributed by atoms with Gasteiger partial charge in [0, 0.05) is 24.9 Å². The molecule has 5 nitrogen and oxygen atoms in total. The van der Waals surface area contributed by atoms with Crippen LogP contribution in [0.5, 0.6) is 5.75 Å². The van der Waals surface area contributed by atoms with E-state index >= 15 is 0 Å². The minimum Gasteiger partial charge on any atom is -0.484 e. The molecule has 1 amide bonds. The third-order valence-corrected chi connectivity index (χ3v) is 5.89. The van der Waals surface area contributed by atoms with E-state index in [0.717, 1.165) is 25.9 Å². The van der Waals surface area contributed by atoms with Gasteiger partial charge in [0.15, 0.2) is 6.61 Å². The highest BCUT2D eigenvalue weighted by Gasteiger charge is 2.63. The van der Waals surface area contributed by atoms with Crippen LogP contribution in [0.2, 0.25) is 0 Å². The third-order valence-electron chi connectivity index (χ3n) is 5.89. The van der Waals surface area contributed by atoms with E-state index in [9.17, 15) is 9.18 Å². The Morgan fingerprint density at radius 2 is 2.16 bits per heavy atom. The van der Waals surface area contributed by atoms with E-state index in [2.05, 4.69) is 19.0 Å². The van der Waals surface area contributed by atoms with Gasteiger partial charge in [-0.15, -0.1) is 0 Å². The maximum atomic E-state index is 12.9. The molecule has 3 aliphatic heterocycles. The molecule has 0 aromatic heterocycles. The second kappa shape index (κ2) is 6.25. The summed E-state index contributed by atoms with van der Waals surface area (Å²) in [4.78, 5) is 16.7. The van der Waals surface area contributed by atoms with Gasteiger partial charge in [0.1, 0.15) is 11.6 Å². The lowest BCUT2D eigenvalue weighted by Gasteiger charge is -2.30. The molecule has 1 aromatic carbocycles. The van der Waals surface area contributed by atoms with Crippen LogP contribution in [0.15, 0.2) is 24.3 Å². The van der Waals surface area contributed by atoms with Crippen LogP contribution in [0.4, 0.5) is 4.39 Å². The van der Waals surface area contributed by atoms with Crippen LogP contribution in [0.25, 0.3) is 0 Å². The second-order valence-corrected chi connectivity index (χ2v) is 7.81. The molecule has 1 spiro atoms. The first-order chi connectivity index (χ1) is 12.0. The number of fused-ring (bicyclic) bond motifs is 1. The number of rotatable bonds is 5. The summed E-state index contributed by atoms with van der Waals surface area (Å²) < 4.78 is 24.8. The van der Waals surface area contributed by atoms with Gasteiger partial charge >= 0.3 is 0 Å². The predicted molar refractivity (Wildman–Crippen MR) is 90.8 cm³/mol. The first-order valence-electron chi connectivity index (χ1n) is 8.95. The van der Waals surface area contributed by atoms with E-state index in [4.69, 9.17) is 9.47 Å². The lowest BCUT2D eigenvalue weighted by atomic mass is 9.73. The summed E-state index contributed by atoms with van der Waals surface area (Å²) in [5.41, 5.74) is -0.142. The van der Waals surface area contributed by atoms with Gasteiger partial charge in [-0.05, 0) is 51.2 Å². The molecule has 0 saturated carbocycles. The van der Waals surface area contributed by atoms with Crippen LogP contribution in [0, 0.1) is 17.7 Å². The maximum Gasteiger partial charge on any atom is 0.260 e. The third kappa shape index (κ3) is 3.02. The van der Waals surface area contributed by atoms with E-state index in [-0.39, 0.29) is 23.9 Å². The summed E-state index contributed by atoms with van der Waals surface area (Å²) in [6.07, 6.45) is 2.50. The van der Waals surface area contributed by atoms with Crippen LogP contribution in [-0.2, 0) is 9.53 Å². The molecule has 4 atom stereocenters. The van der Waals surface area contributed by atoms with Gasteiger partial charge in [-0.1, -0.05) is 0 Å². The fourth-order valence-corrected chi connectivity index (χ4v) is 4.81. The maximum absolute atomic E-state index is 12.9. The Morgan fingerprint density at radius 1 is 1.40 bits per heavy atom. The number of carbonyl (C=O) groups is 1. The van der Waals surface area contributed by atoms with Gasteiger partial charge in [0.25, 0.3) is 5.91 Å². The van der Waals surface area contributed by atoms with Gasteiger partial charge in [-0.3, -0.25) is 4.79 Å². The van der Waals surface area contributed by atoms with Gasteiger partial charge in [0.2, 0.25) is 0 Å². The van der Waals surface area contributed by atoms with E-state index in [1.807, 2.05) is 4.90 Å². The lowest BCUT2D eigenvalue weighted by molar-refractivity contribution is -0.133. The molecular weight excluding hydrogens is 323 g/mol. The number of likely N-dealkylation sites (tertiary alicyclic amines) is 1. The number of benzene rings is 1. The zero-order valence-corrected chi connectivity index (χ0v) is 14.8. The highest BCUT2D eigenvalue weighted by atomic mass is 19.1. The van der Waals surface area contributed by atoms with Crippen LogP contribution in [0.3, 0.4) is 0 Å². The topological polar surface area (TPSA) is 42.0 Å². The zero-order valence-electron chi connectivity index (χ0n) is 14.8. The summed E-state index contributed by atoms with van der Waals surface area (Å²) in [7, 11) is 4.18. The van der Waals surface area contributed by atoms with Crippen molar-refractivity contribution in [2.45, 2.75) is 24.5 Å². The monoisotopic (exact) mass is 348 g/mol. The van der Waals surface area contributed by atoms with Crippen molar-refractivity contribution in [1.29, 1.82) is 0 Å². The van der Waals surface area contributed by atoms with Crippen molar-refractivity contribution in [1.82, 2.24) is 9.80 Å². The summed E-state index contributed by atoms with van der Waals surface area (Å²) in [5, 5.41) is 0. The second-order valence-electron chi connectivity index (χ2n) is 7.81. The lowest BCUT2D eigenvalue weighted by Crippen LogP contribution is -2.40. The summed E-state index contributed by atoms with van der Waals surface area (Å²) >= 11 is 0. The van der Waals surface area contributed by atoms with Crippen molar-refractivity contribution in [3.8, 4) is 5.75 Å². The molecule has 2 bridgehead atoms. The normalized spacial score (nSPS) is 33.1. The van der Waals surface area contributed by atoms with Crippen LogP contribution >= 0.6 is 0 Å². The van der Waals surface area contributed by atoms with Crippen molar-refractivity contribution in [2.75, 3.05) is 40.3 Å². The predicted octanol–water partition coefficient (Wildman–Crippen LogP) is 1.77. The quantitative estimate of drug-likeness (QED) is 0.813. The Balaban J connectivity index is 1.38. The van der Waals surface area contributed by atoms with Crippen molar-refractivity contribution >= 4 is 5.91 Å². The Morgan fingerprint density at radius 3 is 2.88 bits per heavy atom. The van der Waals surface area contributed by atoms with E-state index in [1.54, 1.807) is 0 Å². The van der Waals surface area contributed by atoms with Crippen LogP contribution in [0.1, 0.15) is 12.8 Å². The minimum atomic E-state index is -0.315. The average Bonchev–Trinajstić information content (AvgIpc) is 3.23. The fourth-order valence-electron chi connectivity index (χ4n) is 4.81. The molecule has 0 radical (unpaired) electrons. The number of amides is 1. The highest BCUT2D eigenvalue weighted by molar-refractivity contribution is 5.78. The Hall–Kier alpha value is -1.66. The molecule has 4 rings (SSSR count).